The van der Waals surface area contributed by atoms with E-state index in [1.165, 1.54) is 0 Å². The minimum absolute atomic E-state index is 0.0814. The first kappa shape index (κ1) is 11.3. The number of hydrogen-bond acceptors (Lipinski definition) is 3. The monoisotopic (exact) mass is 233 g/mol. The Balaban J connectivity index is 2.44. The molecule has 3 heteroatoms. The van der Waals surface area contributed by atoms with Gasteiger partial charge in [0.15, 0.2) is 0 Å². The molecule has 0 atom stereocenters. The van der Waals surface area contributed by atoms with Crippen molar-refractivity contribution in [2.45, 2.75) is 26.4 Å². The van der Waals surface area contributed by atoms with E-state index in [1.54, 1.807) is 11.3 Å². The summed E-state index contributed by atoms with van der Waals surface area (Å²) in [6, 6.07) is 10.1. The Labute approximate surface area is 99.6 Å². The number of aliphatic hydroxyl groups is 1. The molecule has 0 spiro atoms. The highest BCUT2D eigenvalue weighted by Crippen LogP contribution is 2.31. The van der Waals surface area contributed by atoms with Crippen LogP contribution < -0.4 is 0 Å². The third kappa shape index (κ3) is 2.15. The second kappa shape index (κ2) is 4.76. The molecule has 0 amide bonds. The number of aromatic nitrogens is 1. The fourth-order valence-electron chi connectivity index (χ4n) is 1.63. The van der Waals surface area contributed by atoms with E-state index >= 15 is 0 Å². The Morgan fingerprint density at radius 1 is 1.25 bits per heavy atom. The smallest absolute Gasteiger partial charge is 0.123 e. The summed E-state index contributed by atoms with van der Waals surface area (Å²) in [5, 5.41) is 10.3. The largest absolute Gasteiger partial charge is 0.391 e. The van der Waals surface area contributed by atoms with Crippen LogP contribution in [0.5, 0.6) is 0 Å². The molecule has 2 aromatic rings. The Bertz CT molecular complexity index is 462. The summed E-state index contributed by atoms with van der Waals surface area (Å²) in [6.07, 6.45) is 0. The van der Waals surface area contributed by atoms with Gasteiger partial charge < -0.3 is 5.11 Å². The zero-order chi connectivity index (χ0) is 11.5. The number of rotatable bonds is 3. The van der Waals surface area contributed by atoms with Gasteiger partial charge in [-0.15, -0.1) is 11.3 Å². The maximum absolute atomic E-state index is 9.30. The quantitative estimate of drug-likeness (QED) is 0.881. The minimum atomic E-state index is 0.0814. The van der Waals surface area contributed by atoms with Crippen molar-refractivity contribution in [3.05, 3.63) is 40.9 Å². The van der Waals surface area contributed by atoms with Crippen molar-refractivity contribution in [1.82, 2.24) is 4.98 Å². The fourth-order valence-corrected chi connectivity index (χ4v) is 2.71. The topological polar surface area (TPSA) is 33.1 Å². The van der Waals surface area contributed by atoms with Gasteiger partial charge in [-0.05, 0) is 5.92 Å². The van der Waals surface area contributed by atoms with Crippen molar-refractivity contribution in [3.63, 3.8) is 0 Å². The molecule has 0 bridgehead atoms. The van der Waals surface area contributed by atoms with Crippen molar-refractivity contribution >= 4 is 11.3 Å². The van der Waals surface area contributed by atoms with Gasteiger partial charge >= 0.3 is 0 Å². The molecular formula is C13H15NOS. The predicted molar refractivity (Wildman–Crippen MR) is 67.6 cm³/mol. The molecule has 1 N–H and O–H groups in total. The lowest BCUT2D eigenvalue weighted by Crippen LogP contribution is -1.92. The van der Waals surface area contributed by atoms with E-state index < -0.39 is 0 Å². The average molecular weight is 233 g/mol. The third-order valence-electron chi connectivity index (χ3n) is 2.44. The van der Waals surface area contributed by atoms with E-state index in [0.29, 0.717) is 5.92 Å². The van der Waals surface area contributed by atoms with Gasteiger partial charge in [-0.3, -0.25) is 0 Å². The van der Waals surface area contributed by atoms with Crippen molar-refractivity contribution in [1.29, 1.82) is 0 Å². The van der Waals surface area contributed by atoms with Crippen LogP contribution in [-0.2, 0) is 6.61 Å². The van der Waals surface area contributed by atoms with Gasteiger partial charge in [-0.2, -0.15) is 0 Å². The highest BCUT2D eigenvalue weighted by atomic mass is 32.1. The Hall–Kier alpha value is -1.19. The summed E-state index contributed by atoms with van der Waals surface area (Å²) in [6.45, 7) is 4.28. The maximum atomic E-state index is 9.30. The minimum Gasteiger partial charge on any atom is -0.391 e. The Morgan fingerprint density at radius 2 is 1.94 bits per heavy atom. The zero-order valence-electron chi connectivity index (χ0n) is 9.47. The molecule has 2 rings (SSSR count). The standard InChI is InChI=1S/C13H15NOS/c1-9(2)12-11(8-15)16-13(14-12)10-6-4-3-5-7-10/h3-7,9,15H,8H2,1-2H3. The third-order valence-corrected chi connectivity index (χ3v) is 3.54. The predicted octanol–water partition coefficient (Wildman–Crippen LogP) is 3.43. The van der Waals surface area contributed by atoms with Crippen LogP contribution in [-0.4, -0.2) is 10.1 Å². The lowest BCUT2D eigenvalue weighted by atomic mass is 10.1. The first-order chi connectivity index (χ1) is 7.72. The molecule has 0 aliphatic carbocycles. The SMILES string of the molecule is CC(C)c1nc(-c2ccccc2)sc1CO. The fraction of sp³-hybridized carbons (Fsp3) is 0.308. The summed E-state index contributed by atoms with van der Waals surface area (Å²) in [7, 11) is 0. The van der Waals surface area contributed by atoms with E-state index in [2.05, 4.69) is 18.8 Å². The van der Waals surface area contributed by atoms with Gasteiger partial charge in [0, 0.05) is 5.56 Å². The number of aliphatic hydroxyl groups excluding tert-OH is 1. The highest BCUT2D eigenvalue weighted by Gasteiger charge is 2.14. The van der Waals surface area contributed by atoms with Gasteiger partial charge in [0.1, 0.15) is 5.01 Å². The maximum Gasteiger partial charge on any atom is 0.123 e. The summed E-state index contributed by atoms with van der Waals surface area (Å²) >= 11 is 1.58. The molecule has 0 unspecified atom stereocenters. The zero-order valence-corrected chi connectivity index (χ0v) is 10.3. The van der Waals surface area contributed by atoms with Crippen LogP contribution in [0.1, 0.15) is 30.3 Å². The molecule has 0 saturated heterocycles. The van der Waals surface area contributed by atoms with Crippen LogP contribution in [0.25, 0.3) is 10.6 Å². The molecule has 1 aromatic heterocycles. The van der Waals surface area contributed by atoms with Crippen molar-refractivity contribution < 1.29 is 5.11 Å². The first-order valence-electron chi connectivity index (χ1n) is 5.38. The summed E-state index contributed by atoms with van der Waals surface area (Å²) in [5.74, 6) is 0.357. The van der Waals surface area contributed by atoms with Crippen molar-refractivity contribution in [3.8, 4) is 10.6 Å². The molecule has 16 heavy (non-hydrogen) atoms. The molecule has 1 heterocycles. The second-order valence-corrected chi connectivity index (χ2v) is 5.09. The number of nitrogens with zero attached hydrogens (tertiary/aromatic N) is 1. The van der Waals surface area contributed by atoms with Crippen LogP contribution in [0, 0.1) is 0 Å². The van der Waals surface area contributed by atoms with Crippen LogP contribution in [0.4, 0.5) is 0 Å². The van der Waals surface area contributed by atoms with Gasteiger partial charge in [0.2, 0.25) is 0 Å². The van der Waals surface area contributed by atoms with Crippen LogP contribution in [0.2, 0.25) is 0 Å². The second-order valence-electron chi connectivity index (χ2n) is 4.01. The van der Waals surface area contributed by atoms with Crippen LogP contribution >= 0.6 is 11.3 Å². The summed E-state index contributed by atoms with van der Waals surface area (Å²) < 4.78 is 0. The summed E-state index contributed by atoms with van der Waals surface area (Å²) in [4.78, 5) is 5.59. The first-order valence-corrected chi connectivity index (χ1v) is 6.20. The molecule has 0 aliphatic heterocycles. The normalized spacial score (nSPS) is 11.0. The van der Waals surface area contributed by atoms with Gasteiger partial charge in [-0.1, -0.05) is 44.2 Å². The van der Waals surface area contributed by atoms with Crippen LogP contribution in [0.15, 0.2) is 30.3 Å². The molecule has 1 aromatic carbocycles. The van der Waals surface area contributed by atoms with Gasteiger partial charge in [0.05, 0.1) is 17.2 Å². The van der Waals surface area contributed by atoms with Crippen molar-refractivity contribution in [2.24, 2.45) is 0 Å². The molecule has 0 radical (unpaired) electrons. The number of thiazole rings is 1. The molecule has 0 fully saturated rings. The molecule has 0 aliphatic rings. The number of benzene rings is 1. The van der Waals surface area contributed by atoms with E-state index in [4.69, 9.17) is 0 Å². The average Bonchev–Trinajstić information content (AvgIpc) is 2.74. The van der Waals surface area contributed by atoms with Gasteiger partial charge in [-0.25, -0.2) is 4.98 Å². The van der Waals surface area contributed by atoms with E-state index in [0.717, 1.165) is 21.1 Å². The highest BCUT2D eigenvalue weighted by molar-refractivity contribution is 7.15. The molecular weight excluding hydrogens is 218 g/mol. The Morgan fingerprint density at radius 3 is 2.44 bits per heavy atom. The molecule has 84 valence electrons. The Kier molecular flexibility index (Phi) is 3.36. The number of hydrogen-bond donors (Lipinski definition) is 1. The summed E-state index contributed by atoms with van der Waals surface area (Å²) in [5.41, 5.74) is 2.14. The van der Waals surface area contributed by atoms with E-state index in [1.807, 2.05) is 30.3 Å². The molecule has 0 saturated carbocycles. The van der Waals surface area contributed by atoms with E-state index in [-0.39, 0.29) is 6.61 Å². The molecule has 2 nitrogen and oxygen atoms in total. The lowest BCUT2D eigenvalue weighted by Gasteiger charge is -2.01. The van der Waals surface area contributed by atoms with Crippen LogP contribution in [0.3, 0.4) is 0 Å². The van der Waals surface area contributed by atoms with Crippen molar-refractivity contribution in [2.75, 3.05) is 0 Å². The van der Waals surface area contributed by atoms with E-state index in [9.17, 15) is 5.11 Å². The van der Waals surface area contributed by atoms with Gasteiger partial charge in [0.25, 0.3) is 0 Å². The lowest BCUT2D eigenvalue weighted by molar-refractivity contribution is 0.283.